The van der Waals surface area contributed by atoms with Gasteiger partial charge in [0.25, 0.3) is 0 Å². The Morgan fingerprint density at radius 1 is 1.00 bits per heavy atom. The number of nitrogens with one attached hydrogen (secondary N) is 2. The highest BCUT2D eigenvalue weighted by molar-refractivity contribution is 6.06. The van der Waals surface area contributed by atoms with Crippen LogP contribution in [0.1, 0.15) is 24.8 Å². The molecule has 29 heavy (non-hydrogen) atoms. The maximum absolute atomic E-state index is 12.7. The van der Waals surface area contributed by atoms with Gasteiger partial charge in [0.1, 0.15) is 0 Å². The summed E-state index contributed by atoms with van der Waals surface area (Å²) in [6.07, 6.45) is 8.04. The molecule has 1 heterocycles. The van der Waals surface area contributed by atoms with Gasteiger partial charge in [-0.25, -0.2) is 0 Å². The molecule has 1 aromatic carbocycles. The number of amides is 2. The Bertz CT molecular complexity index is 774. The third kappa shape index (κ3) is 4.07. The molecule has 4 atom stereocenters. The van der Waals surface area contributed by atoms with Crippen molar-refractivity contribution in [1.29, 1.82) is 0 Å². The number of imide groups is 1. The molecule has 0 aromatic heterocycles. The van der Waals surface area contributed by atoms with E-state index in [9.17, 15) is 9.59 Å². The van der Waals surface area contributed by atoms with Crippen LogP contribution in [0.2, 0.25) is 0 Å². The summed E-state index contributed by atoms with van der Waals surface area (Å²) < 4.78 is 0. The predicted octanol–water partition coefficient (Wildman–Crippen LogP) is 1.98. The zero-order chi connectivity index (χ0) is 20.2. The predicted molar refractivity (Wildman–Crippen MR) is 113 cm³/mol. The Kier molecular flexibility index (Phi) is 5.97. The largest absolute Gasteiger partial charge is 0.356 e. The summed E-state index contributed by atoms with van der Waals surface area (Å²) in [5.74, 6) is 1.22. The SMILES string of the molecule is CN=C(NCCCc1ccccc1)NCCCN1C(=O)C2C3C=CC(C3)C2C1=O. The normalized spacial score (nSPS) is 27.6. The van der Waals surface area contributed by atoms with E-state index in [-0.39, 0.29) is 35.5 Å². The van der Waals surface area contributed by atoms with Crippen molar-refractivity contribution in [3.63, 3.8) is 0 Å². The summed E-state index contributed by atoms with van der Waals surface area (Å²) in [4.78, 5) is 31.1. The zero-order valence-electron chi connectivity index (χ0n) is 17.0. The van der Waals surface area contributed by atoms with Crippen molar-refractivity contribution in [3.8, 4) is 0 Å². The average Bonchev–Trinajstić information content (AvgIpc) is 3.42. The Hall–Kier alpha value is -2.63. The standard InChI is InChI=1S/C23H30N4O2/c1-24-23(25-12-5-9-16-7-3-2-4-8-16)26-13-6-14-27-21(28)19-17-10-11-18(15-17)20(19)22(27)29/h2-4,7-8,10-11,17-20H,5-6,9,12-15H2,1H3,(H2,24,25,26). The Morgan fingerprint density at radius 3 is 2.24 bits per heavy atom. The minimum Gasteiger partial charge on any atom is -0.356 e. The molecule has 154 valence electrons. The van der Waals surface area contributed by atoms with Gasteiger partial charge in [0, 0.05) is 26.7 Å². The van der Waals surface area contributed by atoms with Crippen molar-refractivity contribution in [2.45, 2.75) is 25.7 Å². The quantitative estimate of drug-likeness (QED) is 0.232. The van der Waals surface area contributed by atoms with Gasteiger partial charge in [0.05, 0.1) is 11.8 Å². The minimum absolute atomic E-state index is 0.0419. The minimum atomic E-state index is -0.0931. The van der Waals surface area contributed by atoms with Crippen LogP contribution in [0.25, 0.3) is 0 Å². The van der Waals surface area contributed by atoms with Gasteiger partial charge >= 0.3 is 0 Å². The number of likely N-dealkylation sites (tertiary alicyclic amines) is 1. The number of carbonyl (C=O) groups is 2. The van der Waals surface area contributed by atoms with Crippen molar-refractivity contribution < 1.29 is 9.59 Å². The van der Waals surface area contributed by atoms with Crippen LogP contribution in [-0.4, -0.2) is 49.4 Å². The van der Waals surface area contributed by atoms with Crippen LogP contribution >= 0.6 is 0 Å². The number of hydrogen-bond acceptors (Lipinski definition) is 3. The van der Waals surface area contributed by atoms with E-state index >= 15 is 0 Å². The topological polar surface area (TPSA) is 73.8 Å². The molecular formula is C23H30N4O2. The van der Waals surface area contributed by atoms with Crippen LogP contribution in [0, 0.1) is 23.7 Å². The van der Waals surface area contributed by atoms with Crippen LogP contribution < -0.4 is 10.6 Å². The Balaban J connectivity index is 1.15. The summed E-state index contributed by atoms with van der Waals surface area (Å²) in [5, 5.41) is 6.60. The van der Waals surface area contributed by atoms with Gasteiger partial charge in [-0.3, -0.25) is 19.5 Å². The molecule has 1 aliphatic heterocycles. The molecule has 6 heteroatoms. The van der Waals surface area contributed by atoms with Gasteiger partial charge < -0.3 is 10.6 Å². The Labute approximate surface area is 172 Å². The molecule has 2 N–H and O–H groups in total. The molecule has 0 radical (unpaired) electrons. The molecule has 1 saturated heterocycles. The fraction of sp³-hybridized carbons (Fsp3) is 0.522. The van der Waals surface area contributed by atoms with Gasteiger partial charge in [-0.15, -0.1) is 0 Å². The second-order valence-corrected chi connectivity index (χ2v) is 8.20. The zero-order valence-corrected chi connectivity index (χ0v) is 17.0. The van der Waals surface area contributed by atoms with Crippen LogP contribution in [-0.2, 0) is 16.0 Å². The number of allylic oxidation sites excluding steroid dienone is 2. The van der Waals surface area contributed by atoms with Gasteiger partial charge in [0.15, 0.2) is 5.96 Å². The van der Waals surface area contributed by atoms with Crippen molar-refractivity contribution in [1.82, 2.24) is 15.5 Å². The maximum Gasteiger partial charge on any atom is 0.233 e. The Morgan fingerprint density at radius 2 is 1.62 bits per heavy atom. The highest BCUT2D eigenvalue weighted by Crippen LogP contribution is 2.52. The number of nitrogens with zero attached hydrogens (tertiary/aromatic N) is 2. The fourth-order valence-electron chi connectivity index (χ4n) is 4.99. The van der Waals surface area contributed by atoms with E-state index in [4.69, 9.17) is 0 Å². The first-order valence-corrected chi connectivity index (χ1v) is 10.7. The first-order chi connectivity index (χ1) is 14.2. The van der Waals surface area contributed by atoms with Gasteiger partial charge in [-0.1, -0.05) is 42.5 Å². The second kappa shape index (κ2) is 8.80. The first kappa shape index (κ1) is 19.7. The molecule has 2 amide bonds. The lowest BCUT2D eigenvalue weighted by Crippen LogP contribution is -2.40. The summed E-state index contributed by atoms with van der Waals surface area (Å²) in [7, 11) is 1.75. The number of benzene rings is 1. The molecule has 2 fully saturated rings. The smallest absolute Gasteiger partial charge is 0.233 e. The molecule has 4 unspecified atom stereocenters. The number of hydrogen-bond donors (Lipinski definition) is 2. The lowest BCUT2D eigenvalue weighted by molar-refractivity contribution is -0.140. The summed E-state index contributed by atoms with van der Waals surface area (Å²) in [6.45, 7) is 2.01. The molecular weight excluding hydrogens is 364 g/mol. The average molecular weight is 395 g/mol. The van der Waals surface area contributed by atoms with E-state index < -0.39 is 0 Å². The van der Waals surface area contributed by atoms with E-state index in [1.54, 1.807) is 7.05 Å². The van der Waals surface area contributed by atoms with Crippen LogP contribution in [0.5, 0.6) is 0 Å². The molecule has 4 rings (SSSR count). The summed E-state index contributed by atoms with van der Waals surface area (Å²) in [6, 6.07) is 10.4. The van der Waals surface area contributed by atoms with E-state index in [1.165, 1.54) is 10.5 Å². The van der Waals surface area contributed by atoms with E-state index in [0.29, 0.717) is 13.1 Å². The van der Waals surface area contributed by atoms with E-state index in [2.05, 4.69) is 52.0 Å². The van der Waals surface area contributed by atoms with E-state index in [0.717, 1.165) is 38.2 Å². The van der Waals surface area contributed by atoms with Gasteiger partial charge in [-0.05, 0) is 43.1 Å². The highest BCUT2D eigenvalue weighted by Gasteiger charge is 2.58. The first-order valence-electron chi connectivity index (χ1n) is 10.7. The van der Waals surface area contributed by atoms with Gasteiger partial charge in [-0.2, -0.15) is 0 Å². The van der Waals surface area contributed by atoms with Gasteiger partial charge in [0.2, 0.25) is 11.8 Å². The van der Waals surface area contributed by atoms with Crippen molar-refractivity contribution >= 4 is 17.8 Å². The number of rotatable bonds is 8. The number of aliphatic imine (C=N–C) groups is 1. The number of carbonyl (C=O) groups excluding carboxylic acids is 2. The third-order valence-electron chi connectivity index (χ3n) is 6.41. The van der Waals surface area contributed by atoms with Crippen LogP contribution in [0.4, 0.5) is 0 Å². The molecule has 6 nitrogen and oxygen atoms in total. The highest BCUT2D eigenvalue weighted by atomic mass is 16.2. The van der Waals surface area contributed by atoms with Crippen LogP contribution in [0.15, 0.2) is 47.5 Å². The van der Waals surface area contributed by atoms with Crippen molar-refractivity contribution in [3.05, 3.63) is 48.0 Å². The van der Waals surface area contributed by atoms with Crippen molar-refractivity contribution in [2.24, 2.45) is 28.7 Å². The van der Waals surface area contributed by atoms with Crippen LogP contribution in [0.3, 0.4) is 0 Å². The monoisotopic (exact) mass is 394 g/mol. The van der Waals surface area contributed by atoms with Crippen molar-refractivity contribution in [2.75, 3.05) is 26.7 Å². The number of guanidine groups is 1. The molecule has 2 aliphatic carbocycles. The third-order valence-corrected chi connectivity index (χ3v) is 6.41. The number of fused-ring (bicyclic) bond motifs is 5. The fourth-order valence-corrected chi connectivity index (χ4v) is 4.99. The maximum atomic E-state index is 12.7. The molecule has 1 aromatic rings. The summed E-state index contributed by atoms with van der Waals surface area (Å²) in [5.41, 5.74) is 1.34. The molecule has 1 saturated carbocycles. The molecule has 2 bridgehead atoms. The molecule has 0 spiro atoms. The second-order valence-electron chi connectivity index (χ2n) is 8.20. The number of aryl methyl sites for hydroxylation is 1. The van der Waals surface area contributed by atoms with E-state index in [1.807, 2.05) is 6.07 Å². The summed E-state index contributed by atoms with van der Waals surface area (Å²) >= 11 is 0. The lowest BCUT2D eigenvalue weighted by atomic mass is 9.85. The lowest BCUT2D eigenvalue weighted by Gasteiger charge is -2.18. The molecule has 3 aliphatic rings.